The van der Waals surface area contributed by atoms with Gasteiger partial charge >= 0.3 is 0 Å². The van der Waals surface area contributed by atoms with Crippen molar-refractivity contribution in [3.8, 4) is 0 Å². The van der Waals surface area contributed by atoms with Crippen molar-refractivity contribution in [1.82, 2.24) is 4.90 Å². The maximum atomic E-state index is 13.8. The maximum Gasteiger partial charge on any atom is 0.265 e. The van der Waals surface area contributed by atoms with Gasteiger partial charge in [-0.1, -0.05) is 26.0 Å². The van der Waals surface area contributed by atoms with Crippen LogP contribution >= 0.6 is 11.3 Å². The number of carbonyl (C=O) groups is 2. The zero-order valence-electron chi connectivity index (χ0n) is 19.6. The van der Waals surface area contributed by atoms with Gasteiger partial charge in [-0.15, -0.1) is 11.3 Å². The van der Waals surface area contributed by atoms with E-state index in [2.05, 4.69) is 19.2 Å². The lowest BCUT2D eigenvalue weighted by Gasteiger charge is -2.33. The number of thiophene rings is 1. The van der Waals surface area contributed by atoms with Crippen LogP contribution in [0.25, 0.3) is 0 Å². The summed E-state index contributed by atoms with van der Waals surface area (Å²) in [5.41, 5.74) is 2.80. The van der Waals surface area contributed by atoms with Crippen molar-refractivity contribution in [2.75, 3.05) is 24.3 Å². The summed E-state index contributed by atoms with van der Waals surface area (Å²) in [6, 6.07) is 15.0. The fourth-order valence-corrected chi connectivity index (χ4v) is 4.18. The van der Waals surface area contributed by atoms with Crippen LogP contribution in [0.1, 0.15) is 46.4 Å². The first-order valence-corrected chi connectivity index (χ1v) is 11.8. The van der Waals surface area contributed by atoms with Crippen LogP contribution in [0.15, 0.2) is 60.0 Å². The van der Waals surface area contributed by atoms with Crippen molar-refractivity contribution < 1.29 is 14.0 Å². The standard InChI is InChI=1S/C26H30FN3O2S/c1-17(2)18(3)30(26(32)19-8-6-9-21(27)14-19)16-20-15-22(11-12-23(20)29(4)5)28-25(31)24-10-7-13-33-24/h6-15,17-18H,16H2,1-5H3,(H,28,31)/t18-/m0/s1. The second-order valence-corrected chi connectivity index (χ2v) is 9.55. The Morgan fingerprint density at radius 3 is 2.39 bits per heavy atom. The van der Waals surface area contributed by atoms with E-state index >= 15 is 0 Å². The largest absolute Gasteiger partial charge is 0.377 e. The molecule has 0 saturated carbocycles. The van der Waals surface area contributed by atoms with E-state index in [0.29, 0.717) is 22.7 Å². The summed E-state index contributed by atoms with van der Waals surface area (Å²) in [5, 5.41) is 4.80. The molecule has 2 aromatic carbocycles. The van der Waals surface area contributed by atoms with E-state index in [1.54, 1.807) is 23.1 Å². The normalized spacial score (nSPS) is 11.8. The molecule has 0 unspecified atom stereocenters. The quantitative estimate of drug-likeness (QED) is 0.449. The Balaban J connectivity index is 1.96. The Morgan fingerprint density at radius 2 is 1.79 bits per heavy atom. The summed E-state index contributed by atoms with van der Waals surface area (Å²) in [6.07, 6.45) is 0. The van der Waals surface area contributed by atoms with Gasteiger partial charge in [-0.05, 0) is 66.2 Å². The Bertz CT molecular complexity index is 1110. The predicted molar refractivity (Wildman–Crippen MR) is 134 cm³/mol. The molecular weight excluding hydrogens is 437 g/mol. The van der Waals surface area contributed by atoms with Crippen LogP contribution in [0.3, 0.4) is 0 Å². The summed E-state index contributed by atoms with van der Waals surface area (Å²) in [7, 11) is 3.88. The third-order valence-corrected chi connectivity index (χ3v) is 6.56. The number of nitrogens with one attached hydrogen (secondary N) is 1. The molecule has 2 amide bonds. The molecule has 0 fully saturated rings. The number of hydrogen-bond donors (Lipinski definition) is 1. The van der Waals surface area contributed by atoms with Crippen molar-refractivity contribution >= 4 is 34.5 Å². The Kier molecular flexibility index (Phi) is 7.87. The Morgan fingerprint density at radius 1 is 1.03 bits per heavy atom. The van der Waals surface area contributed by atoms with Crippen LogP contribution in [0, 0.1) is 11.7 Å². The van der Waals surface area contributed by atoms with Crippen molar-refractivity contribution in [2.45, 2.75) is 33.4 Å². The molecule has 1 aromatic heterocycles. The van der Waals surface area contributed by atoms with Crippen LogP contribution in [0.4, 0.5) is 15.8 Å². The van der Waals surface area contributed by atoms with Gasteiger partial charge < -0.3 is 15.1 Å². The van der Waals surface area contributed by atoms with Crippen molar-refractivity contribution in [1.29, 1.82) is 0 Å². The molecule has 1 atom stereocenters. The Hall–Kier alpha value is -3.19. The van der Waals surface area contributed by atoms with Crippen molar-refractivity contribution in [3.05, 3.63) is 81.8 Å². The second kappa shape index (κ2) is 10.6. The predicted octanol–water partition coefficient (Wildman–Crippen LogP) is 5.89. The minimum absolute atomic E-state index is 0.0832. The average Bonchev–Trinajstić information content (AvgIpc) is 3.31. The van der Waals surface area contributed by atoms with E-state index in [0.717, 1.165) is 11.3 Å². The minimum atomic E-state index is -0.440. The molecule has 0 aliphatic heterocycles. The number of amides is 2. The van der Waals surface area contributed by atoms with Crippen LogP contribution in [0.2, 0.25) is 0 Å². The topological polar surface area (TPSA) is 52.7 Å². The first kappa shape index (κ1) is 24.5. The molecule has 33 heavy (non-hydrogen) atoms. The van der Waals surface area contributed by atoms with Crippen LogP contribution < -0.4 is 10.2 Å². The summed E-state index contributed by atoms with van der Waals surface area (Å²) < 4.78 is 13.8. The second-order valence-electron chi connectivity index (χ2n) is 8.60. The molecule has 0 aliphatic rings. The molecule has 5 nitrogen and oxygen atoms in total. The van der Waals surface area contributed by atoms with E-state index < -0.39 is 5.82 Å². The zero-order valence-corrected chi connectivity index (χ0v) is 20.4. The first-order valence-electron chi connectivity index (χ1n) is 10.9. The number of anilines is 2. The van der Waals surface area contributed by atoms with Gasteiger partial charge in [0.05, 0.1) is 4.88 Å². The highest BCUT2D eigenvalue weighted by Gasteiger charge is 2.25. The molecule has 0 aliphatic carbocycles. The van der Waals surface area contributed by atoms with Gasteiger partial charge in [-0.3, -0.25) is 9.59 Å². The molecule has 3 rings (SSSR count). The van der Waals surface area contributed by atoms with Crippen molar-refractivity contribution in [2.24, 2.45) is 5.92 Å². The van der Waals surface area contributed by atoms with Gasteiger partial charge in [0.15, 0.2) is 0 Å². The summed E-state index contributed by atoms with van der Waals surface area (Å²) >= 11 is 1.38. The van der Waals surface area contributed by atoms with E-state index in [-0.39, 0.29) is 23.8 Å². The van der Waals surface area contributed by atoms with E-state index in [4.69, 9.17) is 0 Å². The number of nitrogens with zero attached hydrogens (tertiary/aromatic N) is 2. The highest BCUT2D eigenvalue weighted by Crippen LogP contribution is 2.28. The van der Waals surface area contributed by atoms with Crippen LogP contribution in [0.5, 0.6) is 0 Å². The average molecular weight is 468 g/mol. The molecule has 1 N–H and O–H groups in total. The Labute approximate surface area is 198 Å². The zero-order chi connectivity index (χ0) is 24.1. The lowest BCUT2D eigenvalue weighted by atomic mass is 10.0. The molecule has 0 bridgehead atoms. The lowest BCUT2D eigenvalue weighted by molar-refractivity contribution is 0.0628. The molecule has 1 heterocycles. The highest BCUT2D eigenvalue weighted by molar-refractivity contribution is 7.12. The number of rotatable bonds is 8. The first-order chi connectivity index (χ1) is 15.7. The van der Waals surface area contributed by atoms with Crippen LogP contribution in [-0.4, -0.2) is 36.9 Å². The molecule has 0 radical (unpaired) electrons. The SMILES string of the molecule is CC(C)[C@H](C)N(Cc1cc(NC(=O)c2cccs2)ccc1N(C)C)C(=O)c1cccc(F)c1. The highest BCUT2D eigenvalue weighted by atomic mass is 32.1. The lowest BCUT2D eigenvalue weighted by Crippen LogP contribution is -2.41. The number of benzene rings is 2. The van der Waals surface area contributed by atoms with Gasteiger partial charge in [0.25, 0.3) is 11.8 Å². The smallest absolute Gasteiger partial charge is 0.265 e. The van der Waals surface area contributed by atoms with E-state index in [1.165, 1.54) is 23.5 Å². The minimum Gasteiger partial charge on any atom is -0.377 e. The van der Waals surface area contributed by atoms with Gasteiger partial charge in [0, 0.05) is 43.6 Å². The number of hydrogen-bond acceptors (Lipinski definition) is 4. The molecular formula is C26H30FN3O2S. The fraction of sp³-hybridized carbons (Fsp3) is 0.308. The van der Waals surface area contributed by atoms with Gasteiger partial charge in [-0.25, -0.2) is 4.39 Å². The van der Waals surface area contributed by atoms with Crippen LogP contribution in [-0.2, 0) is 6.54 Å². The summed E-state index contributed by atoms with van der Waals surface area (Å²) in [5.74, 6) is -0.637. The van der Waals surface area contributed by atoms with E-state index in [1.807, 2.05) is 55.6 Å². The summed E-state index contributed by atoms with van der Waals surface area (Å²) in [6.45, 7) is 6.44. The van der Waals surface area contributed by atoms with Gasteiger partial charge in [0.1, 0.15) is 5.82 Å². The number of halogens is 1. The van der Waals surface area contributed by atoms with Gasteiger partial charge in [0.2, 0.25) is 0 Å². The monoisotopic (exact) mass is 467 g/mol. The molecule has 7 heteroatoms. The molecule has 0 saturated heterocycles. The summed E-state index contributed by atoms with van der Waals surface area (Å²) in [4.78, 5) is 30.3. The molecule has 174 valence electrons. The maximum absolute atomic E-state index is 13.8. The molecule has 0 spiro atoms. The number of carbonyl (C=O) groups excluding carboxylic acids is 2. The van der Waals surface area contributed by atoms with Crippen molar-refractivity contribution in [3.63, 3.8) is 0 Å². The third kappa shape index (κ3) is 5.99. The van der Waals surface area contributed by atoms with E-state index in [9.17, 15) is 14.0 Å². The fourth-order valence-electron chi connectivity index (χ4n) is 3.56. The van der Waals surface area contributed by atoms with Gasteiger partial charge in [-0.2, -0.15) is 0 Å². The third-order valence-electron chi connectivity index (χ3n) is 5.69. The molecule has 3 aromatic rings.